The molecular weight excluding hydrogens is 376 g/mol. The topological polar surface area (TPSA) is 59.6 Å². The highest BCUT2D eigenvalue weighted by atomic mass is 16.5. The molecule has 1 amide bonds. The summed E-state index contributed by atoms with van der Waals surface area (Å²) in [5.74, 6) is 1.34. The van der Waals surface area contributed by atoms with Crippen LogP contribution in [0.3, 0.4) is 0 Å². The Kier molecular flexibility index (Phi) is 8.15. The van der Waals surface area contributed by atoms with E-state index in [0.717, 1.165) is 30.0 Å². The minimum absolute atomic E-state index is 0.137. The first kappa shape index (κ1) is 21.2. The molecule has 0 unspecified atom stereocenters. The van der Waals surface area contributed by atoms with Crippen LogP contribution in [0.15, 0.2) is 78.9 Å². The molecular formula is C25H28N2O3. The first-order valence-corrected chi connectivity index (χ1v) is 10.3. The van der Waals surface area contributed by atoms with Crippen LogP contribution in [0.4, 0.5) is 11.4 Å². The monoisotopic (exact) mass is 404 g/mol. The number of amides is 1. The molecule has 156 valence electrons. The van der Waals surface area contributed by atoms with Crippen molar-refractivity contribution in [2.24, 2.45) is 0 Å². The maximum atomic E-state index is 12.3. The number of benzene rings is 3. The molecule has 0 aliphatic rings. The van der Waals surface area contributed by atoms with E-state index < -0.39 is 0 Å². The van der Waals surface area contributed by atoms with Crippen molar-refractivity contribution in [2.75, 3.05) is 30.4 Å². The van der Waals surface area contributed by atoms with E-state index in [0.29, 0.717) is 18.9 Å². The number of para-hydroxylation sites is 2. The Morgan fingerprint density at radius 1 is 0.900 bits per heavy atom. The molecule has 0 heterocycles. The Hall–Kier alpha value is -3.47. The van der Waals surface area contributed by atoms with E-state index in [-0.39, 0.29) is 12.5 Å². The summed E-state index contributed by atoms with van der Waals surface area (Å²) >= 11 is 0. The summed E-state index contributed by atoms with van der Waals surface area (Å²) in [6.45, 7) is 3.27. The normalized spacial score (nSPS) is 10.3. The van der Waals surface area contributed by atoms with Gasteiger partial charge in [-0.2, -0.15) is 0 Å². The lowest BCUT2D eigenvalue weighted by Gasteiger charge is -2.13. The van der Waals surface area contributed by atoms with E-state index in [1.165, 1.54) is 5.56 Å². The number of nitrogens with one attached hydrogen (secondary N) is 2. The van der Waals surface area contributed by atoms with Crippen molar-refractivity contribution in [3.63, 3.8) is 0 Å². The fourth-order valence-electron chi connectivity index (χ4n) is 3.05. The van der Waals surface area contributed by atoms with E-state index >= 15 is 0 Å². The van der Waals surface area contributed by atoms with Crippen molar-refractivity contribution in [3.8, 4) is 11.5 Å². The van der Waals surface area contributed by atoms with Crippen molar-refractivity contribution in [2.45, 2.75) is 19.8 Å². The highest BCUT2D eigenvalue weighted by Crippen LogP contribution is 2.24. The van der Waals surface area contributed by atoms with Gasteiger partial charge in [0.1, 0.15) is 11.5 Å². The number of anilines is 2. The molecule has 0 aliphatic carbocycles. The molecule has 0 saturated heterocycles. The molecule has 0 spiro atoms. The van der Waals surface area contributed by atoms with Crippen molar-refractivity contribution >= 4 is 17.3 Å². The summed E-state index contributed by atoms with van der Waals surface area (Å²) < 4.78 is 11.4. The maximum absolute atomic E-state index is 12.3. The van der Waals surface area contributed by atoms with Gasteiger partial charge in [0.15, 0.2) is 0 Å². The number of hydrogen-bond acceptors (Lipinski definition) is 4. The van der Waals surface area contributed by atoms with Gasteiger partial charge >= 0.3 is 0 Å². The Bertz CT molecular complexity index is 928. The predicted octanol–water partition coefficient (Wildman–Crippen LogP) is 5.15. The van der Waals surface area contributed by atoms with Crippen LogP contribution in [-0.4, -0.2) is 25.7 Å². The number of carbonyl (C=O) groups excluding carboxylic acids is 1. The molecule has 3 aromatic carbocycles. The smallest absolute Gasteiger partial charge is 0.243 e. The Morgan fingerprint density at radius 2 is 1.70 bits per heavy atom. The van der Waals surface area contributed by atoms with Crippen LogP contribution in [0.25, 0.3) is 0 Å². The van der Waals surface area contributed by atoms with E-state index in [2.05, 4.69) is 22.8 Å². The summed E-state index contributed by atoms with van der Waals surface area (Å²) in [4.78, 5) is 12.3. The van der Waals surface area contributed by atoms with Crippen molar-refractivity contribution in [1.29, 1.82) is 0 Å². The molecule has 5 heteroatoms. The zero-order valence-electron chi connectivity index (χ0n) is 17.3. The third-order valence-electron chi connectivity index (χ3n) is 4.47. The minimum Gasteiger partial charge on any atom is -0.494 e. The third-order valence-corrected chi connectivity index (χ3v) is 4.47. The quantitative estimate of drug-likeness (QED) is 0.434. The Balaban J connectivity index is 1.47. The van der Waals surface area contributed by atoms with Gasteiger partial charge in [-0.15, -0.1) is 0 Å². The van der Waals surface area contributed by atoms with E-state index in [4.69, 9.17) is 9.47 Å². The molecule has 0 aromatic heterocycles. The van der Waals surface area contributed by atoms with Crippen LogP contribution in [0.5, 0.6) is 11.5 Å². The molecule has 0 aliphatic heterocycles. The van der Waals surface area contributed by atoms with E-state index in [1.54, 1.807) is 0 Å². The predicted molar refractivity (Wildman–Crippen MR) is 121 cm³/mol. The zero-order valence-corrected chi connectivity index (χ0v) is 17.3. The number of ether oxygens (including phenoxy) is 2. The van der Waals surface area contributed by atoms with Crippen LogP contribution in [0.1, 0.15) is 18.9 Å². The summed E-state index contributed by atoms with van der Waals surface area (Å²) in [6.07, 6.45) is 1.90. The summed E-state index contributed by atoms with van der Waals surface area (Å²) in [5, 5.41) is 6.04. The third kappa shape index (κ3) is 6.85. The largest absolute Gasteiger partial charge is 0.494 e. The SMILES string of the molecule is CCOc1cccc(NC(=O)CNc2ccccc2OCCCc2ccccc2)c1. The number of rotatable bonds is 11. The van der Waals surface area contributed by atoms with Gasteiger partial charge in [0, 0.05) is 11.8 Å². The van der Waals surface area contributed by atoms with Crippen LogP contribution in [0.2, 0.25) is 0 Å². The van der Waals surface area contributed by atoms with Crippen LogP contribution in [0, 0.1) is 0 Å². The summed E-state index contributed by atoms with van der Waals surface area (Å²) in [5.41, 5.74) is 2.81. The lowest BCUT2D eigenvalue weighted by Crippen LogP contribution is -2.22. The second-order valence-electron chi connectivity index (χ2n) is 6.80. The molecule has 0 radical (unpaired) electrons. The first-order valence-electron chi connectivity index (χ1n) is 10.3. The molecule has 30 heavy (non-hydrogen) atoms. The molecule has 0 saturated carbocycles. The number of carbonyl (C=O) groups is 1. The lowest BCUT2D eigenvalue weighted by molar-refractivity contribution is -0.114. The molecule has 5 nitrogen and oxygen atoms in total. The van der Waals surface area contributed by atoms with Gasteiger partial charge in [0.25, 0.3) is 0 Å². The van der Waals surface area contributed by atoms with Gasteiger partial charge in [0.2, 0.25) is 5.91 Å². The molecule has 3 aromatic rings. The second kappa shape index (κ2) is 11.5. The number of aryl methyl sites for hydroxylation is 1. The van der Waals surface area contributed by atoms with E-state index in [9.17, 15) is 4.79 Å². The summed E-state index contributed by atoms with van der Waals surface area (Å²) in [7, 11) is 0. The summed E-state index contributed by atoms with van der Waals surface area (Å²) in [6, 6.07) is 25.4. The van der Waals surface area contributed by atoms with Crippen molar-refractivity contribution in [1.82, 2.24) is 0 Å². The second-order valence-corrected chi connectivity index (χ2v) is 6.80. The van der Waals surface area contributed by atoms with Gasteiger partial charge in [0.05, 0.1) is 25.4 Å². The molecule has 0 fully saturated rings. The Morgan fingerprint density at radius 3 is 2.53 bits per heavy atom. The number of hydrogen-bond donors (Lipinski definition) is 2. The fraction of sp³-hybridized carbons (Fsp3) is 0.240. The van der Waals surface area contributed by atoms with Crippen LogP contribution >= 0.6 is 0 Å². The molecule has 3 rings (SSSR count). The van der Waals surface area contributed by atoms with Crippen LogP contribution in [-0.2, 0) is 11.2 Å². The minimum atomic E-state index is -0.137. The standard InChI is InChI=1S/C25H28N2O3/c1-2-29-22-14-8-13-21(18-22)27-25(28)19-26-23-15-6-7-16-24(23)30-17-9-12-20-10-4-3-5-11-20/h3-8,10-11,13-16,18,26H,2,9,12,17,19H2,1H3,(H,27,28). The average Bonchev–Trinajstić information content (AvgIpc) is 2.77. The van der Waals surface area contributed by atoms with Gasteiger partial charge in [-0.25, -0.2) is 0 Å². The highest BCUT2D eigenvalue weighted by molar-refractivity contribution is 5.94. The van der Waals surface area contributed by atoms with Crippen LogP contribution < -0.4 is 20.1 Å². The maximum Gasteiger partial charge on any atom is 0.243 e. The fourth-order valence-corrected chi connectivity index (χ4v) is 3.05. The Labute approximate surface area is 178 Å². The molecule has 0 bridgehead atoms. The molecule has 0 atom stereocenters. The average molecular weight is 405 g/mol. The van der Waals surface area contributed by atoms with Gasteiger partial charge in [-0.1, -0.05) is 48.5 Å². The highest BCUT2D eigenvalue weighted by Gasteiger charge is 2.07. The van der Waals surface area contributed by atoms with E-state index in [1.807, 2.05) is 73.7 Å². The van der Waals surface area contributed by atoms with Crippen molar-refractivity contribution in [3.05, 3.63) is 84.4 Å². The van der Waals surface area contributed by atoms with Gasteiger partial charge in [-0.3, -0.25) is 4.79 Å². The molecule has 2 N–H and O–H groups in total. The van der Waals surface area contributed by atoms with Crippen molar-refractivity contribution < 1.29 is 14.3 Å². The van der Waals surface area contributed by atoms with Gasteiger partial charge in [-0.05, 0) is 49.6 Å². The lowest BCUT2D eigenvalue weighted by atomic mass is 10.1. The van der Waals surface area contributed by atoms with Gasteiger partial charge < -0.3 is 20.1 Å². The zero-order chi connectivity index (χ0) is 21.0. The first-order chi connectivity index (χ1) is 14.7.